The molecule has 0 atom stereocenters. The summed E-state index contributed by atoms with van der Waals surface area (Å²) in [6.07, 6.45) is 4.84. The Hall–Kier alpha value is -3.02. The zero-order valence-corrected chi connectivity index (χ0v) is 11.4. The molecule has 6 nitrogen and oxygen atoms in total. The van der Waals surface area contributed by atoms with E-state index in [-0.39, 0.29) is 5.91 Å². The van der Waals surface area contributed by atoms with E-state index in [1.165, 1.54) is 6.20 Å². The summed E-state index contributed by atoms with van der Waals surface area (Å²) < 4.78 is 1.63. The van der Waals surface area contributed by atoms with Crippen LogP contribution in [0.15, 0.2) is 55.0 Å². The number of nitrogens with one attached hydrogen (secondary N) is 1. The number of hydrogen-bond acceptors (Lipinski definition) is 4. The lowest BCUT2D eigenvalue weighted by Crippen LogP contribution is -2.14. The second-order valence-electron chi connectivity index (χ2n) is 4.41. The molecule has 104 valence electrons. The maximum absolute atomic E-state index is 12.3. The van der Waals surface area contributed by atoms with Gasteiger partial charge in [-0.3, -0.25) is 4.79 Å². The fourth-order valence-corrected chi connectivity index (χ4v) is 1.96. The highest BCUT2D eigenvalue weighted by molar-refractivity contribution is 6.04. The molecule has 0 spiro atoms. The fraction of sp³-hybridized carbons (Fsp3) is 0.0667. The topological polar surface area (TPSA) is 72.7 Å². The van der Waals surface area contributed by atoms with Crippen molar-refractivity contribution in [3.05, 3.63) is 66.2 Å². The minimum atomic E-state index is -0.242. The zero-order valence-electron chi connectivity index (χ0n) is 11.4. The van der Waals surface area contributed by atoms with Crippen molar-refractivity contribution in [1.82, 2.24) is 19.7 Å². The number of aromatic nitrogens is 4. The number of rotatable bonds is 3. The van der Waals surface area contributed by atoms with Crippen LogP contribution in [0, 0.1) is 6.92 Å². The minimum absolute atomic E-state index is 0.242. The van der Waals surface area contributed by atoms with Crippen molar-refractivity contribution in [2.75, 3.05) is 5.32 Å². The van der Waals surface area contributed by atoms with Gasteiger partial charge in [0.25, 0.3) is 5.91 Å². The third-order valence-electron chi connectivity index (χ3n) is 3.03. The molecule has 6 heteroatoms. The Labute approximate surface area is 121 Å². The van der Waals surface area contributed by atoms with Crippen LogP contribution in [0.2, 0.25) is 0 Å². The van der Waals surface area contributed by atoms with Crippen molar-refractivity contribution < 1.29 is 4.79 Å². The van der Waals surface area contributed by atoms with Crippen molar-refractivity contribution in [2.24, 2.45) is 0 Å². The number of nitrogens with zero attached hydrogens (tertiary/aromatic N) is 4. The monoisotopic (exact) mass is 279 g/mol. The molecule has 3 aromatic heterocycles. The first-order valence-electron chi connectivity index (χ1n) is 6.44. The average molecular weight is 279 g/mol. The standard InChI is InChI=1S/C15H13N5O/c1-11-12(15(21)19-13-6-2-4-8-16-13)10-18-20(11)14-7-3-5-9-17-14/h2-10H,1H3,(H,16,19,21). The fourth-order valence-electron chi connectivity index (χ4n) is 1.96. The zero-order chi connectivity index (χ0) is 14.7. The van der Waals surface area contributed by atoms with Crippen LogP contribution in [0.25, 0.3) is 5.82 Å². The highest BCUT2D eigenvalue weighted by Gasteiger charge is 2.15. The van der Waals surface area contributed by atoms with Gasteiger partial charge in [0.15, 0.2) is 5.82 Å². The van der Waals surface area contributed by atoms with Gasteiger partial charge in [-0.25, -0.2) is 14.6 Å². The van der Waals surface area contributed by atoms with Gasteiger partial charge in [0, 0.05) is 12.4 Å². The lowest BCUT2D eigenvalue weighted by molar-refractivity contribution is 0.102. The van der Waals surface area contributed by atoms with Crippen LogP contribution < -0.4 is 5.32 Å². The molecule has 0 radical (unpaired) electrons. The number of carbonyl (C=O) groups is 1. The summed E-state index contributed by atoms with van der Waals surface area (Å²) in [6.45, 7) is 1.83. The Bertz CT molecular complexity index is 752. The lowest BCUT2D eigenvalue weighted by Gasteiger charge is -2.05. The Kier molecular flexibility index (Phi) is 3.42. The Morgan fingerprint density at radius 2 is 1.86 bits per heavy atom. The molecule has 0 saturated carbocycles. The van der Waals surface area contributed by atoms with Crippen molar-refractivity contribution >= 4 is 11.7 Å². The van der Waals surface area contributed by atoms with E-state index in [0.29, 0.717) is 17.2 Å². The van der Waals surface area contributed by atoms with Gasteiger partial charge in [-0.15, -0.1) is 0 Å². The van der Waals surface area contributed by atoms with Crippen LogP contribution in [0.1, 0.15) is 16.1 Å². The molecular formula is C15H13N5O. The van der Waals surface area contributed by atoms with Gasteiger partial charge in [-0.2, -0.15) is 5.10 Å². The number of anilines is 1. The molecule has 0 aliphatic rings. The summed E-state index contributed by atoms with van der Waals surface area (Å²) in [6, 6.07) is 10.9. The quantitative estimate of drug-likeness (QED) is 0.798. The maximum atomic E-state index is 12.3. The average Bonchev–Trinajstić information content (AvgIpc) is 2.91. The van der Waals surface area contributed by atoms with Crippen LogP contribution in [-0.4, -0.2) is 25.7 Å². The SMILES string of the molecule is Cc1c(C(=O)Nc2ccccn2)cnn1-c1ccccn1. The van der Waals surface area contributed by atoms with Crippen molar-refractivity contribution in [2.45, 2.75) is 6.92 Å². The molecule has 0 aliphatic heterocycles. The number of amides is 1. The molecule has 1 amide bonds. The van der Waals surface area contributed by atoms with E-state index < -0.39 is 0 Å². The first-order chi connectivity index (χ1) is 10.3. The summed E-state index contributed by atoms with van der Waals surface area (Å²) in [5, 5.41) is 6.96. The van der Waals surface area contributed by atoms with E-state index in [4.69, 9.17) is 0 Å². The molecule has 0 bridgehead atoms. The number of pyridine rings is 2. The lowest BCUT2D eigenvalue weighted by atomic mass is 10.2. The second kappa shape index (κ2) is 5.54. The molecule has 0 saturated heterocycles. The molecule has 3 rings (SSSR count). The molecular weight excluding hydrogens is 266 g/mol. The first-order valence-corrected chi connectivity index (χ1v) is 6.44. The van der Waals surface area contributed by atoms with Gasteiger partial charge in [-0.1, -0.05) is 12.1 Å². The first kappa shape index (κ1) is 13.0. The van der Waals surface area contributed by atoms with Crippen LogP contribution in [0.4, 0.5) is 5.82 Å². The molecule has 3 heterocycles. The van der Waals surface area contributed by atoms with Crippen LogP contribution >= 0.6 is 0 Å². The van der Waals surface area contributed by atoms with E-state index in [9.17, 15) is 4.79 Å². The maximum Gasteiger partial charge on any atom is 0.260 e. The van der Waals surface area contributed by atoms with Gasteiger partial charge in [-0.05, 0) is 31.2 Å². The van der Waals surface area contributed by atoms with E-state index in [0.717, 1.165) is 5.69 Å². The van der Waals surface area contributed by atoms with Crippen molar-refractivity contribution in [3.63, 3.8) is 0 Å². The van der Waals surface area contributed by atoms with Gasteiger partial charge < -0.3 is 5.32 Å². The normalized spacial score (nSPS) is 10.3. The Morgan fingerprint density at radius 3 is 2.52 bits per heavy atom. The van der Waals surface area contributed by atoms with Crippen LogP contribution in [0.5, 0.6) is 0 Å². The number of carbonyl (C=O) groups excluding carboxylic acids is 1. The minimum Gasteiger partial charge on any atom is -0.306 e. The van der Waals surface area contributed by atoms with Gasteiger partial charge >= 0.3 is 0 Å². The van der Waals surface area contributed by atoms with Gasteiger partial charge in [0.1, 0.15) is 5.82 Å². The highest BCUT2D eigenvalue weighted by atomic mass is 16.1. The van der Waals surface area contributed by atoms with Gasteiger partial charge in [0.05, 0.1) is 17.5 Å². The van der Waals surface area contributed by atoms with Crippen molar-refractivity contribution in [3.8, 4) is 5.82 Å². The summed E-state index contributed by atoms with van der Waals surface area (Å²) in [5.74, 6) is 0.938. The molecule has 3 aromatic rings. The Morgan fingerprint density at radius 1 is 1.10 bits per heavy atom. The van der Waals surface area contributed by atoms with Crippen molar-refractivity contribution in [1.29, 1.82) is 0 Å². The van der Waals surface area contributed by atoms with E-state index >= 15 is 0 Å². The summed E-state index contributed by atoms with van der Waals surface area (Å²) >= 11 is 0. The number of hydrogen-bond donors (Lipinski definition) is 1. The third-order valence-corrected chi connectivity index (χ3v) is 3.03. The molecule has 21 heavy (non-hydrogen) atoms. The van der Waals surface area contributed by atoms with Crippen LogP contribution in [-0.2, 0) is 0 Å². The van der Waals surface area contributed by atoms with E-state index in [1.807, 2.05) is 31.2 Å². The molecule has 0 unspecified atom stereocenters. The summed E-state index contributed by atoms with van der Waals surface area (Å²) in [5.41, 5.74) is 1.22. The van der Waals surface area contributed by atoms with Gasteiger partial charge in [0.2, 0.25) is 0 Å². The summed E-state index contributed by atoms with van der Waals surface area (Å²) in [7, 11) is 0. The predicted molar refractivity (Wildman–Crippen MR) is 78.3 cm³/mol. The second-order valence-corrected chi connectivity index (χ2v) is 4.41. The van der Waals surface area contributed by atoms with E-state index in [1.54, 1.807) is 29.2 Å². The van der Waals surface area contributed by atoms with E-state index in [2.05, 4.69) is 20.4 Å². The van der Waals surface area contributed by atoms with Crippen LogP contribution in [0.3, 0.4) is 0 Å². The molecule has 1 N–H and O–H groups in total. The predicted octanol–water partition coefficient (Wildman–Crippen LogP) is 2.22. The smallest absolute Gasteiger partial charge is 0.260 e. The molecule has 0 aliphatic carbocycles. The third kappa shape index (κ3) is 2.64. The summed E-state index contributed by atoms with van der Waals surface area (Å²) in [4.78, 5) is 20.5. The highest BCUT2D eigenvalue weighted by Crippen LogP contribution is 2.13. The Balaban J connectivity index is 1.87. The molecule has 0 fully saturated rings. The largest absolute Gasteiger partial charge is 0.306 e. The molecule has 0 aromatic carbocycles.